The Kier molecular flexibility index (Phi) is 7.85. The Morgan fingerprint density at radius 3 is 2.56 bits per heavy atom. The van der Waals surface area contributed by atoms with Crippen LogP contribution in [0.5, 0.6) is 17.2 Å². The van der Waals surface area contributed by atoms with Crippen molar-refractivity contribution in [3.05, 3.63) is 64.5 Å². The lowest BCUT2D eigenvalue weighted by atomic mass is 10.2. The quantitative estimate of drug-likeness (QED) is 0.433. The van der Waals surface area contributed by atoms with Crippen molar-refractivity contribution < 1.29 is 28.6 Å². The van der Waals surface area contributed by atoms with E-state index in [1.807, 2.05) is 18.2 Å². The van der Waals surface area contributed by atoms with Crippen LogP contribution in [0.25, 0.3) is 11.0 Å². The van der Waals surface area contributed by atoms with E-state index in [0.29, 0.717) is 47.6 Å². The summed E-state index contributed by atoms with van der Waals surface area (Å²) in [5.74, 6) is 0.295. The van der Waals surface area contributed by atoms with Crippen LogP contribution in [0.3, 0.4) is 0 Å². The van der Waals surface area contributed by atoms with E-state index < -0.39 is 5.97 Å². The van der Waals surface area contributed by atoms with Crippen LogP contribution in [0.2, 0.25) is 0 Å². The molecule has 0 saturated heterocycles. The fraction of sp³-hybridized carbons (Fsp3) is 0.292. The minimum Gasteiger partial charge on any atom is -0.484 e. The lowest BCUT2D eigenvalue weighted by molar-refractivity contribution is -0.137. The molecule has 0 radical (unpaired) electrons. The fourth-order valence-corrected chi connectivity index (χ4v) is 3.09. The number of carbonyl (C=O) groups excluding carboxylic acids is 1. The number of hydrogen-bond donors (Lipinski definition) is 2. The molecule has 0 atom stereocenters. The largest absolute Gasteiger partial charge is 0.484 e. The molecule has 168 valence electrons. The Bertz CT molecular complexity index is 1140. The molecule has 0 aliphatic carbocycles. The number of benzene rings is 2. The Morgan fingerprint density at radius 2 is 1.81 bits per heavy atom. The normalized spacial score (nSPS) is 10.7. The van der Waals surface area contributed by atoms with Gasteiger partial charge in [-0.05, 0) is 44.0 Å². The van der Waals surface area contributed by atoms with E-state index in [1.54, 1.807) is 37.3 Å². The van der Waals surface area contributed by atoms with Crippen molar-refractivity contribution in [2.24, 2.45) is 0 Å². The van der Waals surface area contributed by atoms with Crippen molar-refractivity contribution in [2.75, 3.05) is 13.2 Å². The summed E-state index contributed by atoms with van der Waals surface area (Å²) in [4.78, 5) is 35.2. The number of para-hydroxylation sites is 1. The molecule has 8 nitrogen and oxygen atoms in total. The summed E-state index contributed by atoms with van der Waals surface area (Å²) in [5.41, 5.74) is 0.0454. The molecule has 0 aliphatic heterocycles. The van der Waals surface area contributed by atoms with Gasteiger partial charge in [-0.2, -0.15) is 0 Å². The number of carboxylic acid groups (broad SMARTS) is 1. The predicted molar refractivity (Wildman–Crippen MR) is 118 cm³/mol. The molecule has 1 heterocycles. The van der Waals surface area contributed by atoms with E-state index in [-0.39, 0.29) is 30.1 Å². The average Bonchev–Trinajstić information content (AvgIpc) is 2.78. The van der Waals surface area contributed by atoms with E-state index in [9.17, 15) is 14.4 Å². The second-order valence-electron chi connectivity index (χ2n) is 7.23. The van der Waals surface area contributed by atoms with Gasteiger partial charge in [-0.1, -0.05) is 24.6 Å². The molecule has 0 fully saturated rings. The van der Waals surface area contributed by atoms with Crippen molar-refractivity contribution in [3.8, 4) is 17.2 Å². The van der Waals surface area contributed by atoms with Crippen molar-refractivity contribution in [3.63, 3.8) is 0 Å². The van der Waals surface area contributed by atoms with E-state index in [2.05, 4.69) is 5.32 Å². The lowest BCUT2D eigenvalue weighted by Gasteiger charge is -2.10. The number of amides is 1. The van der Waals surface area contributed by atoms with Crippen LogP contribution in [0.4, 0.5) is 0 Å². The Morgan fingerprint density at radius 1 is 1.03 bits per heavy atom. The van der Waals surface area contributed by atoms with Gasteiger partial charge in [0.05, 0.1) is 5.39 Å². The van der Waals surface area contributed by atoms with E-state index in [1.165, 1.54) is 0 Å². The molecular weight excluding hydrogens is 414 g/mol. The molecule has 3 aromatic rings. The minimum absolute atomic E-state index is 0.125. The number of aryl methyl sites for hydroxylation is 1. The van der Waals surface area contributed by atoms with Crippen LogP contribution in [-0.4, -0.2) is 30.1 Å². The van der Waals surface area contributed by atoms with Crippen molar-refractivity contribution >= 4 is 22.8 Å². The monoisotopic (exact) mass is 439 g/mol. The first-order valence-corrected chi connectivity index (χ1v) is 10.4. The number of aliphatic carboxylic acids is 1. The molecule has 3 rings (SSSR count). The van der Waals surface area contributed by atoms with Gasteiger partial charge < -0.3 is 24.3 Å². The van der Waals surface area contributed by atoms with Gasteiger partial charge in [0, 0.05) is 19.0 Å². The molecule has 2 aromatic carbocycles. The number of nitrogens with one attached hydrogen (secondary N) is 1. The highest BCUT2D eigenvalue weighted by Crippen LogP contribution is 2.27. The van der Waals surface area contributed by atoms with Gasteiger partial charge in [0.1, 0.15) is 22.8 Å². The fourth-order valence-electron chi connectivity index (χ4n) is 3.09. The number of fused-ring (bicyclic) bond motifs is 1. The molecule has 0 aliphatic rings. The number of unbranched alkanes of at least 4 members (excludes halogenated alkanes) is 2. The highest BCUT2D eigenvalue weighted by atomic mass is 16.5. The van der Waals surface area contributed by atoms with Crippen LogP contribution < -0.4 is 20.2 Å². The SMILES string of the molecule is Cc1oc2cc(OCC(=O)NCCCCCC(=O)O)ccc2c(=O)c1Oc1ccccc1. The second kappa shape index (κ2) is 11.0. The van der Waals surface area contributed by atoms with Crippen LogP contribution in [-0.2, 0) is 9.59 Å². The number of carbonyl (C=O) groups is 2. The van der Waals surface area contributed by atoms with Crippen molar-refractivity contribution in [1.82, 2.24) is 5.32 Å². The van der Waals surface area contributed by atoms with E-state index >= 15 is 0 Å². The van der Waals surface area contributed by atoms with Crippen molar-refractivity contribution in [1.29, 1.82) is 0 Å². The van der Waals surface area contributed by atoms with Crippen LogP contribution in [0.15, 0.2) is 57.7 Å². The van der Waals surface area contributed by atoms with Crippen molar-refractivity contribution in [2.45, 2.75) is 32.6 Å². The first-order chi connectivity index (χ1) is 15.4. The summed E-state index contributed by atoms with van der Waals surface area (Å²) in [6.07, 6.45) is 2.15. The standard InChI is InChI=1S/C24H25NO7/c1-16-24(32-17-8-4-2-5-9-17)23(29)19-12-11-18(14-20(19)31-16)30-15-21(26)25-13-7-3-6-10-22(27)28/h2,4-5,8-9,11-12,14H,3,6-7,10,13,15H2,1H3,(H,25,26)(H,27,28). The third-order valence-electron chi connectivity index (χ3n) is 4.71. The molecule has 2 N–H and O–H groups in total. The van der Waals surface area contributed by atoms with Gasteiger partial charge in [0.2, 0.25) is 11.2 Å². The maximum absolute atomic E-state index is 12.8. The summed E-state index contributed by atoms with van der Waals surface area (Å²) in [6, 6.07) is 13.7. The molecular formula is C24H25NO7. The first-order valence-electron chi connectivity index (χ1n) is 10.4. The number of carboxylic acids is 1. The average molecular weight is 439 g/mol. The predicted octanol–water partition coefficient (Wildman–Crippen LogP) is 4.03. The molecule has 1 amide bonds. The maximum Gasteiger partial charge on any atom is 0.303 e. The van der Waals surface area contributed by atoms with Crippen LogP contribution in [0, 0.1) is 6.92 Å². The van der Waals surface area contributed by atoms with Gasteiger partial charge in [0.25, 0.3) is 5.91 Å². The minimum atomic E-state index is -0.816. The van der Waals surface area contributed by atoms with Gasteiger partial charge in [-0.15, -0.1) is 0 Å². The zero-order valence-corrected chi connectivity index (χ0v) is 17.8. The summed E-state index contributed by atoms with van der Waals surface area (Å²) in [7, 11) is 0. The smallest absolute Gasteiger partial charge is 0.303 e. The molecule has 0 unspecified atom stereocenters. The zero-order chi connectivity index (χ0) is 22.9. The summed E-state index contributed by atoms with van der Waals surface area (Å²) in [6.45, 7) is 1.92. The highest BCUT2D eigenvalue weighted by molar-refractivity contribution is 5.80. The molecule has 32 heavy (non-hydrogen) atoms. The van der Waals surface area contributed by atoms with Gasteiger partial charge in [-0.3, -0.25) is 14.4 Å². The topological polar surface area (TPSA) is 115 Å². The summed E-state index contributed by atoms with van der Waals surface area (Å²) < 4.78 is 17.0. The maximum atomic E-state index is 12.8. The van der Waals surface area contributed by atoms with Crippen LogP contribution in [0.1, 0.15) is 31.4 Å². The Hall–Kier alpha value is -3.81. The van der Waals surface area contributed by atoms with E-state index in [0.717, 1.165) is 6.42 Å². The number of rotatable bonds is 11. The molecule has 8 heteroatoms. The molecule has 0 bridgehead atoms. The summed E-state index contributed by atoms with van der Waals surface area (Å²) in [5, 5.41) is 11.7. The van der Waals surface area contributed by atoms with Gasteiger partial charge in [-0.25, -0.2) is 0 Å². The second-order valence-corrected chi connectivity index (χ2v) is 7.23. The van der Waals surface area contributed by atoms with Gasteiger partial charge >= 0.3 is 5.97 Å². The number of ether oxygens (including phenoxy) is 2. The van der Waals surface area contributed by atoms with E-state index in [4.69, 9.17) is 19.0 Å². The molecule has 0 saturated carbocycles. The first kappa shape index (κ1) is 22.9. The third-order valence-corrected chi connectivity index (χ3v) is 4.71. The third kappa shape index (κ3) is 6.34. The van der Waals surface area contributed by atoms with Crippen LogP contribution >= 0.6 is 0 Å². The molecule has 0 spiro atoms. The Labute approximate surface area is 184 Å². The summed E-state index contributed by atoms with van der Waals surface area (Å²) >= 11 is 0. The Balaban J connectivity index is 1.57. The zero-order valence-electron chi connectivity index (χ0n) is 17.8. The number of hydrogen-bond acceptors (Lipinski definition) is 6. The lowest BCUT2D eigenvalue weighted by Crippen LogP contribution is -2.29. The van der Waals surface area contributed by atoms with Gasteiger partial charge in [0.15, 0.2) is 6.61 Å². The molecule has 1 aromatic heterocycles. The highest BCUT2D eigenvalue weighted by Gasteiger charge is 2.15.